The number of aryl methyl sites for hydroxylation is 1. The maximum Gasteiger partial charge on any atom is 0.358 e. The van der Waals surface area contributed by atoms with E-state index < -0.39 is 5.97 Å². The Kier molecular flexibility index (Phi) is 5.78. The lowest BCUT2D eigenvalue weighted by Gasteiger charge is -2.03. The predicted molar refractivity (Wildman–Crippen MR) is 90.2 cm³/mol. The van der Waals surface area contributed by atoms with Gasteiger partial charge in [-0.25, -0.2) is 4.79 Å². The molecule has 0 radical (unpaired) electrons. The van der Waals surface area contributed by atoms with Crippen molar-refractivity contribution in [1.82, 2.24) is 9.78 Å². The highest BCUT2D eigenvalue weighted by atomic mass is 35.5. The van der Waals surface area contributed by atoms with Gasteiger partial charge >= 0.3 is 5.97 Å². The first-order valence-electron chi connectivity index (χ1n) is 6.70. The monoisotopic (exact) mass is 352 g/mol. The summed E-state index contributed by atoms with van der Waals surface area (Å²) in [5.74, 6) is -0.686. The highest BCUT2D eigenvalue weighted by molar-refractivity contribution is 6.36. The Hall–Kier alpha value is -2.31. The van der Waals surface area contributed by atoms with E-state index in [2.05, 4.69) is 10.3 Å². The molecule has 1 aromatic carbocycles. The smallest absolute Gasteiger partial charge is 0.358 e. The summed E-state index contributed by atoms with van der Waals surface area (Å²) in [6.45, 7) is 2.72. The first kappa shape index (κ1) is 17.1. The SMILES string of the molecule is CCn1cc(/C=C/C(=O)O/N=C(\N)c2ccc(Cl)cc2Cl)cn1. The largest absolute Gasteiger partial charge is 0.380 e. The van der Waals surface area contributed by atoms with Crippen molar-refractivity contribution < 1.29 is 9.63 Å². The molecule has 6 nitrogen and oxygen atoms in total. The van der Waals surface area contributed by atoms with Crippen LogP contribution >= 0.6 is 23.2 Å². The molecule has 1 aromatic heterocycles. The number of halogens is 2. The molecule has 0 saturated carbocycles. The summed E-state index contributed by atoms with van der Waals surface area (Å²) in [4.78, 5) is 16.3. The number of rotatable bonds is 5. The average molecular weight is 353 g/mol. The zero-order valence-corrected chi connectivity index (χ0v) is 13.8. The van der Waals surface area contributed by atoms with Crippen LogP contribution in [0.5, 0.6) is 0 Å². The zero-order chi connectivity index (χ0) is 16.8. The maximum absolute atomic E-state index is 11.6. The van der Waals surface area contributed by atoms with Crippen LogP contribution in [0.3, 0.4) is 0 Å². The lowest BCUT2D eigenvalue weighted by molar-refractivity contribution is -0.137. The minimum Gasteiger partial charge on any atom is -0.380 e. The molecule has 23 heavy (non-hydrogen) atoms. The topological polar surface area (TPSA) is 82.5 Å². The number of hydrogen-bond donors (Lipinski definition) is 1. The van der Waals surface area contributed by atoms with Gasteiger partial charge in [-0.2, -0.15) is 5.10 Å². The molecule has 0 aliphatic carbocycles. The minimum atomic E-state index is -0.665. The van der Waals surface area contributed by atoms with Gasteiger partial charge in [0.05, 0.1) is 11.2 Å². The summed E-state index contributed by atoms with van der Waals surface area (Å²) in [6, 6.07) is 4.72. The second-order valence-electron chi connectivity index (χ2n) is 4.47. The highest BCUT2D eigenvalue weighted by Gasteiger charge is 2.07. The quantitative estimate of drug-likeness (QED) is 0.294. The van der Waals surface area contributed by atoms with E-state index in [1.807, 2.05) is 6.92 Å². The van der Waals surface area contributed by atoms with E-state index in [0.29, 0.717) is 15.6 Å². The fourth-order valence-electron chi connectivity index (χ4n) is 1.67. The van der Waals surface area contributed by atoms with Crippen LogP contribution in [-0.2, 0) is 16.2 Å². The molecule has 0 aliphatic rings. The minimum absolute atomic E-state index is 0.0211. The summed E-state index contributed by atoms with van der Waals surface area (Å²) in [5, 5.41) is 8.44. The first-order chi connectivity index (χ1) is 11.0. The van der Waals surface area contributed by atoms with Gasteiger partial charge in [0.15, 0.2) is 5.84 Å². The normalized spacial score (nSPS) is 11.9. The lowest BCUT2D eigenvalue weighted by Crippen LogP contribution is -2.15. The van der Waals surface area contributed by atoms with Crippen LogP contribution in [0.4, 0.5) is 0 Å². The number of carbonyl (C=O) groups is 1. The highest BCUT2D eigenvalue weighted by Crippen LogP contribution is 2.20. The standard InChI is InChI=1S/C15H14Cl2N4O2/c1-2-21-9-10(8-19-21)3-6-14(22)23-20-15(18)12-5-4-11(16)7-13(12)17/h3-9H,2H2,1H3,(H2,18,20)/b6-3+. The summed E-state index contributed by atoms with van der Waals surface area (Å²) >= 11 is 11.8. The van der Waals surface area contributed by atoms with E-state index in [1.54, 1.807) is 35.3 Å². The number of amidine groups is 1. The van der Waals surface area contributed by atoms with Gasteiger partial charge in [0.25, 0.3) is 0 Å². The molecule has 0 saturated heterocycles. The zero-order valence-electron chi connectivity index (χ0n) is 12.2. The number of carbonyl (C=O) groups excluding carboxylic acids is 1. The van der Waals surface area contributed by atoms with E-state index in [4.69, 9.17) is 33.8 Å². The number of nitrogens with zero attached hydrogens (tertiary/aromatic N) is 3. The Morgan fingerprint density at radius 1 is 1.48 bits per heavy atom. The molecule has 0 bridgehead atoms. The van der Waals surface area contributed by atoms with Crippen LogP contribution in [0.2, 0.25) is 10.0 Å². The van der Waals surface area contributed by atoms with Gasteiger partial charge in [0.1, 0.15) is 0 Å². The van der Waals surface area contributed by atoms with Crippen LogP contribution in [0.25, 0.3) is 6.08 Å². The van der Waals surface area contributed by atoms with Crippen LogP contribution < -0.4 is 5.73 Å². The van der Waals surface area contributed by atoms with Crippen LogP contribution in [-0.4, -0.2) is 21.6 Å². The predicted octanol–water partition coefficient (Wildman–Crippen LogP) is 3.09. The van der Waals surface area contributed by atoms with E-state index in [1.165, 1.54) is 12.1 Å². The van der Waals surface area contributed by atoms with Crippen LogP contribution in [0.15, 0.2) is 41.8 Å². The molecule has 0 aliphatic heterocycles. The first-order valence-corrected chi connectivity index (χ1v) is 7.45. The van der Waals surface area contributed by atoms with Gasteiger partial charge in [0, 0.05) is 35.0 Å². The molecule has 0 amide bonds. The molecule has 2 N–H and O–H groups in total. The number of nitrogens with two attached hydrogens (primary N) is 1. The molecule has 1 heterocycles. The van der Waals surface area contributed by atoms with Crippen LogP contribution in [0, 0.1) is 0 Å². The van der Waals surface area contributed by atoms with Crippen molar-refractivity contribution in [3.8, 4) is 0 Å². The molecule has 2 rings (SSSR count). The van der Waals surface area contributed by atoms with E-state index in [9.17, 15) is 4.79 Å². The molecule has 0 atom stereocenters. The third-order valence-corrected chi connectivity index (χ3v) is 3.38. The van der Waals surface area contributed by atoms with E-state index in [0.717, 1.165) is 12.1 Å². The van der Waals surface area contributed by atoms with E-state index >= 15 is 0 Å². The van der Waals surface area contributed by atoms with Crippen molar-refractivity contribution in [1.29, 1.82) is 0 Å². The van der Waals surface area contributed by atoms with Gasteiger partial charge in [0.2, 0.25) is 0 Å². The van der Waals surface area contributed by atoms with Gasteiger partial charge in [-0.15, -0.1) is 0 Å². The second-order valence-corrected chi connectivity index (χ2v) is 5.32. The molecule has 120 valence electrons. The number of aromatic nitrogens is 2. The fraction of sp³-hybridized carbons (Fsp3) is 0.133. The van der Waals surface area contributed by atoms with E-state index in [-0.39, 0.29) is 5.84 Å². The average Bonchev–Trinajstić information content (AvgIpc) is 2.98. The molecule has 0 fully saturated rings. The van der Waals surface area contributed by atoms with Gasteiger partial charge < -0.3 is 10.6 Å². The second kappa shape index (κ2) is 7.80. The van der Waals surface area contributed by atoms with Crippen molar-refractivity contribution in [2.24, 2.45) is 10.9 Å². The van der Waals surface area contributed by atoms with Crippen molar-refractivity contribution in [3.05, 3.63) is 57.8 Å². The Labute approximate surface area is 143 Å². The maximum atomic E-state index is 11.6. The molecule has 0 spiro atoms. The Bertz CT molecular complexity index is 769. The molecule has 0 unspecified atom stereocenters. The number of oxime groups is 1. The lowest BCUT2D eigenvalue weighted by atomic mass is 10.2. The fourth-order valence-corrected chi connectivity index (χ4v) is 2.18. The number of benzene rings is 1. The third kappa shape index (κ3) is 4.84. The molecule has 8 heteroatoms. The summed E-state index contributed by atoms with van der Waals surface area (Å²) in [5.41, 5.74) is 6.94. The number of hydrogen-bond acceptors (Lipinski definition) is 4. The summed E-state index contributed by atoms with van der Waals surface area (Å²) in [6.07, 6.45) is 6.24. The molecular formula is C15H14Cl2N4O2. The Morgan fingerprint density at radius 3 is 2.91 bits per heavy atom. The van der Waals surface area contributed by atoms with Gasteiger partial charge in [-0.3, -0.25) is 4.68 Å². The Balaban J connectivity index is 1.99. The third-order valence-electron chi connectivity index (χ3n) is 2.83. The summed E-state index contributed by atoms with van der Waals surface area (Å²) < 4.78 is 1.74. The van der Waals surface area contributed by atoms with Crippen molar-refractivity contribution >= 4 is 41.1 Å². The Morgan fingerprint density at radius 2 is 2.26 bits per heavy atom. The van der Waals surface area contributed by atoms with Crippen LogP contribution in [0.1, 0.15) is 18.1 Å². The van der Waals surface area contributed by atoms with Crippen molar-refractivity contribution in [3.63, 3.8) is 0 Å². The van der Waals surface area contributed by atoms with Crippen molar-refractivity contribution in [2.75, 3.05) is 0 Å². The van der Waals surface area contributed by atoms with Gasteiger partial charge in [-0.1, -0.05) is 28.4 Å². The molecule has 2 aromatic rings. The van der Waals surface area contributed by atoms with Gasteiger partial charge in [-0.05, 0) is 31.2 Å². The molecular weight excluding hydrogens is 339 g/mol. The van der Waals surface area contributed by atoms with Crippen molar-refractivity contribution in [2.45, 2.75) is 13.5 Å². The summed E-state index contributed by atoms with van der Waals surface area (Å²) in [7, 11) is 0.